The van der Waals surface area contributed by atoms with Gasteiger partial charge in [0.05, 0.1) is 11.0 Å². The average molecular weight is 344 g/mol. The maximum atomic E-state index is 5.36. The van der Waals surface area contributed by atoms with Crippen LogP contribution in [0.5, 0.6) is 0 Å². The zero-order valence-electron chi connectivity index (χ0n) is 9.03. The Kier molecular flexibility index (Phi) is 3.49. The number of aromatic nitrogens is 2. The number of H-pyrrole nitrogens is 1. The first-order valence-corrected chi connectivity index (χ1v) is 6.63. The van der Waals surface area contributed by atoms with Crippen LogP contribution in [0.25, 0.3) is 11.0 Å². The quantitative estimate of drug-likeness (QED) is 0.496. The van der Waals surface area contributed by atoms with Gasteiger partial charge in [-0.2, -0.15) is 0 Å². The van der Waals surface area contributed by atoms with Gasteiger partial charge in [-0.05, 0) is 66.4 Å². The Morgan fingerprint density at radius 1 is 1.62 bits per heavy atom. The first kappa shape index (κ1) is 11.9. The molecule has 84 valence electrons. The fourth-order valence-electron chi connectivity index (χ4n) is 1.89. The van der Waals surface area contributed by atoms with Crippen molar-refractivity contribution < 1.29 is 0 Å². The van der Waals surface area contributed by atoms with E-state index >= 15 is 0 Å². The Morgan fingerprint density at radius 2 is 2.38 bits per heavy atom. The number of aromatic amines is 1. The predicted molar refractivity (Wildman–Crippen MR) is 79.4 cm³/mol. The van der Waals surface area contributed by atoms with E-state index in [-0.39, 0.29) is 0 Å². The summed E-state index contributed by atoms with van der Waals surface area (Å²) in [6, 6.07) is 6.67. The van der Waals surface area contributed by atoms with E-state index in [1.807, 2.05) is 6.08 Å². The van der Waals surface area contributed by atoms with E-state index in [4.69, 9.17) is 12.2 Å². The molecule has 0 spiro atoms. The number of rotatable bonds is 3. The number of hydrogen-bond acceptors (Lipinski definition) is 1. The minimum absolute atomic E-state index is 0.346. The number of allylic oxidation sites excluding steroid dienone is 1. The van der Waals surface area contributed by atoms with Crippen LogP contribution in [0.4, 0.5) is 0 Å². The normalized spacial score (nSPS) is 12.9. The number of nitrogens with one attached hydrogen (secondary N) is 1. The molecule has 4 heteroatoms. The topological polar surface area (TPSA) is 20.7 Å². The Labute approximate surface area is 114 Å². The van der Waals surface area contributed by atoms with Crippen LogP contribution in [-0.2, 0) is 0 Å². The fraction of sp³-hybridized carbons (Fsp3) is 0.250. The van der Waals surface area contributed by atoms with Crippen molar-refractivity contribution in [3.8, 4) is 0 Å². The lowest BCUT2D eigenvalue weighted by Gasteiger charge is -2.12. The number of imidazole rings is 1. The van der Waals surface area contributed by atoms with Gasteiger partial charge in [0.25, 0.3) is 0 Å². The summed E-state index contributed by atoms with van der Waals surface area (Å²) in [5, 5.41) is 0. The second kappa shape index (κ2) is 4.71. The largest absolute Gasteiger partial charge is 0.331 e. The number of halogens is 1. The highest BCUT2D eigenvalue weighted by Crippen LogP contribution is 2.22. The van der Waals surface area contributed by atoms with E-state index in [1.54, 1.807) is 0 Å². The SMILES string of the molecule is C=CCC(C)n1c(=S)[nH]c2cc(I)ccc21. The van der Waals surface area contributed by atoms with E-state index in [0.717, 1.165) is 16.7 Å². The maximum Gasteiger partial charge on any atom is 0.178 e. The summed E-state index contributed by atoms with van der Waals surface area (Å²) in [5.41, 5.74) is 2.27. The van der Waals surface area contributed by atoms with E-state index in [9.17, 15) is 0 Å². The molecule has 2 rings (SSSR count). The molecule has 2 nitrogen and oxygen atoms in total. The van der Waals surface area contributed by atoms with Crippen LogP contribution in [0.15, 0.2) is 30.9 Å². The first-order chi connectivity index (χ1) is 7.63. The molecule has 0 radical (unpaired) electrons. The Balaban J connectivity index is 2.64. The molecule has 0 saturated carbocycles. The lowest BCUT2D eigenvalue weighted by molar-refractivity contribution is 0.564. The molecule has 0 aliphatic rings. The van der Waals surface area contributed by atoms with Gasteiger partial charge in [-0.25, -0.2) is 0 Å². The summed E-state index contributed by atoms with van der Waals surface area (Å²) in [4.78, 5) is 3.25. The number of benzene rings is 1. The van der Waals surface area contributed by atoms with Gasteiger partial charge < -0.3 is 9.55 Å². The van der Waals surface area contributed by atoms with Gasteiger partial charge in [-0.15, -0.1) is 6.58 Å². The molecule has 0 aliphatic heterocycles. The summed E-state index contributed by atoms with van der Waals surface area (Å²) in [7, 11) is 0. The molecule has 0 bridgehead atoms. The smallest absolute Gasteiger partial charge is 0.178 e. The second-order valence-corrected chi connectivity index (χ2v) is 5.47. The van der Waals surface area contributed by atoms with Crippen molar-refractivity contribution in [3.63, 3.8) is 0 Å². The van der Waals surface area contributed by atoms with Gasteiger partial charge in [0.15, 0.2) is 4.77 Å². The van der Waals surface area contributed by atoms with Crippen LogP contribution in [0, 0.1) is 8.34 Å². The predicted octanol–water partition coefficient (Wildman–Crippen LogP) is 4.44. The molecular formula is C12H13IN2S. The van der Waals surface area contributed by atoms with Gasteiger partial charge >= 0.3 is 0 Å². The molecule has 0 saturated heterocycles. The standard InChI is InChI=1S/C12H13IN2S/c1-3-4-8(2)15-11-6-5-9(13)7-10(11)14-12(15)16/h3,5-8H,1,4H2,2H3,(H,14,16). The van der Waals surface area contributed by atoms with E-state index < -0.39 is 0 Å². The molecule has 1 N–H and O–H groups in total. The van der Waals surface area contributed by atoms with E-state index in [1.165, 1.54) is 9.09 Å². The molecule has 1 heterocycles. The minimum atomic E-state index is 0.346. The van der Waals surface area contributed by atoms with Crippen molar-refractivity contribution in [2.24, 2.45) is 0 Å². The van der Waals surface area contributed by atoms with Crippen molar-refractivity contribution in [2.75, 3.05) is 0 Å². The van der Waals surface area contributed by atoms with Crippen LogP contribution in [0.1, 0.15) is 19.4 Å². The first-order valence-electron chi connectivity index (χ1n) is 5.14. The Bertz CT molecular complexity index is 582. The highest BCUT2D eigenvalue weighted by atomic mass is 127. The third kappa shape index (κ3) is 2.08. The highest BCUT2D eigenvalue weighted by Gasteiger charge is 2.09. The van der Waals surface area contributed by atoms with Crippen molar-refractivity contribution >= 4 is 45.8 Å². The second-order valence-electron chi connectivity index (χ2n) is 3.84. The number of fused-ring (bicyclic) bond motifs is 1. The van der Waals surface area contributed by atoms with Gasteiger partial charge in [0.2, 0.25) is 0 Å². The third-order valence-electron chi connectivity index (χ3n) is 2.63. The molecular weight excluding hydrogens is 331 g/mol. The summed E-state index contributed by atoms with van der Waals surface area (Å²) < 4.78 is 4.15. The van der Waals surface area contributed by atoms with Crippen molar-refractivity contribution in [1.82, 2.24) is 9.55 Å². The minimum Gasteiger partial charge on any atom is -0.331 e. The van der Waals surface area contributed by atoms with Crippen LogP contribution < -0.4 is 0 Å². The van der Waals surface area contributed by atoms with Gasteiger partial charge in [0, 0.05) is 9.61 Å². The summed E-state index contributed by atoms with van der Waals surface area (Å²) in [6.45, 7) is 5.93. The summed E-state index contributed by atoms with van der Waals surface area (Å²) >= 11 is 7.66. The molecule has 0 fully saturated rings. The molecule has 1 aromatic carbocycles. The number of nitrogens with zero attached hydrogens (tertiary/aromatic N) is 1. The van der Waals surface area contributed by atoms with Gasteiger partial charge in [-0.1, -0.05) is 6.08 Å². The zero-order valence-corrected chi connectivity index (χ0v) is 12.0. The number of hydrogen-bond donors (Lipinski definition) is 1. The Hall–Kier alpha value is -0.620. The maximum absolute atomic E-state index is 5.36. The lowest BCUT2D eigenvalue weighted by atomic mass is 10.2. The molecule has 0 amide bonds. The Morgan fingerprint density at radius 3 is 3.06 bits per heavy atom. The van der Waals surface area contributed by atoms with Crippen LogP contribution in [-0.4, -0.2) is 9.55 Å². The molecule has 1 atom stereocenters. The third-order valence-corrected chi connectivity index (χ3v) is 3.60. The fourth-order valence-corrected chi connectivity index (χ4v) is 2.77. The molecule has 16 heavy (non-hydrogen) atoms. The van der Waals surface area contributed by atoms with Crippen LogP contribution in [0.3, 0.4) is 0 Å². The van der Waals surface area contributed by atoms with Crippen molar-refractivity contribution in [2.45, 2.75) is 19.4 Å². The van der Waals surface area contributed by atoms with Crippen LogP contribution in [0.2, 0.25) is 0 Å². The molecule has 1 aromatic heterocycles. The lowest BCUT2D eigenvalue weighted by Crippen LogP contribution is -2.03. The monoisotopic (exact) mass is 344 g/mol. The van der Waals surface area contributed by atoms with E-state index in [0.29, 0.717) is 6.04 Å². The van der Waals surface area contributed by atoms with Crippen molar-refractivity contribution in [1.29, 1.82) is 0 Å². The van der Waals surface area contributed by atoms with Crippen molar-refractivity contribution in [3.05, 3.63) is 39.2 Å². The van der Waals surface area contributed by atoms with Gasteiger partial charge in [0.1, 0.15) is 0 Å². The summed E-state index contributed by atoms with van der Waals surface area (Å²) in [5.74, 6) is 0. The molecule has 0 aliphatic carbocycles. The molecule has 2 aromatic rings. The highest BCUT2D eigenvalue weighted by molar-refractivity contribution is 14.1. The van der Waals surface area contributed by atoms with E-state index in [2.05, 4.69) is 63.8 Å². The molecule has 1 unspecified atom stereocenters. The van der Waals surface area contributed by atoms with Gasteiger partial charge in [-0.3, -0.25) is 0 Å². The summed E-state index contributed by atoms with van der Waals surface area (Å²) in [6.07, 6.45) is 2.85. The zero-order chi connectivity index (χ0) is 11.7. The van der Waals surface area contributed by atoms with Crippen LogP contribution >= 0.6 is 34.8 Å². The average Bonchev–Trinajstić information content (AvgIpc) is 2.53.